The van der Waals surface area contributed by atoms with Gasteiger partial charge in [0.15, 0.2) is 0 Å². The molecule has 0 aromatic rings. The van der Waals surface area contributed by atoms with Gasteiger partial charge in [-0.1, -0.05) is 20.8 Å². The Kier molecular flexibility index (Phi) is 8.09. The number of hydrogen-bond acceptors (Lipinski definition) is 3. The maximum absolute atomic E-state index is 10.9. The largest absolute Gasteiger partial charge is 0.450 e. The number of carbonyl (C=O) groups is 1. The second-order valence-electron chi connectivity index (χ2n) is 3.86. The van der Waals surface area contributed by atoms with Crippen molar-refractivity contribution in [2.24, 2.45) is 5.92 Å². The number of rotatable bonds is 7. The van der Waals surface area contributed by atoms with Gasteiger partial charge >= 0.3 is 6.09 Å². The summed E-state index contributed by atoms with van der Waals surface area (Å²) in [6.45, 7) is 10.2. The number of hydrogen-bond donors (Lipinski definition) is 2. The highest BCUT2D eigenvalue weighted by molar-refractivity contribution is 5.66. The van der Waals surface area contributed by atoms with Gasteiger partial charge < -0.3 is 15.4 Å². The summed E-state index contributed by atoms with van der Waals surface area (Å²) in [7, 11) is 0. The van der Waals surface area contributed by atoms with E-state index in [2.05, 4.69) is 31.4 Å². The molecule has 0 heterocycles. The highest BCUT2D eigenvalue weighted by Gasteiger charge is 2.09. The van der Waals surface area contributed by atoms with E-state index < -0.39 is 0 Å². The third kappa shape index (κ3) is 7.19. The fourth-order valence-electron chi connectivity index (χ4n) is 1.46. The van der Waals surface area contributed by atoms with Crippen LogP contribution in [0, 0.1) is 5.92 Å². The van der Waals surface area contributed by atoms with Crippen LogP contribution in [0.4, 0.5) is 4.79 Å². The molecule has 0 bridgehead atoms. The van der Waals surface area contributed by atoms with Crippen LogP contribution < -0.4 is 10.6 Å². The summed E-state index contributed by atoms with van der Waals surface area (Å²) in [5.41, 5.74) is 0. The zero-order valence-electron chi connectivity index (χ0n) is 10.3. The first-order valence-electron chi connectivity index (χ1n) is 5.75. The van der Waals surface area contributed by atoms with Crippen LogP contribution in [0.2, 0.25) is 0 Å². The maximum atomic E-state index is 10.9. The number of ether oxygens (including phenoxy) is 1. The van der Waals surface area contributed by atoms with Crippen molar-refractivity contribution in [1.82, 2.24) is 10.6 Å². The third-order valence-electron chi connectivity index (χ3n) is 2.32. The van der Waals surface area contributed by atoms with Gasteiger partial charge in [-0.25, -0.2) is 4.79 Å². The van der Waals surface area contributed by atoms with Crippen molar-refractivity contribution in [3.05, 3.63) is 0 Å². The minimum absolute atomic E-state index is 0.336. The quantitative estimate of drug-likeness (QED) is 0.638. The summed E-state index contributed by atoms with van der Waals surface area (Å²) in [6.07, 6.45) is 0.772. The second kappa shape index (κ2) is 8.53. The van der Waals surface area contributed by atoms with Gasteiger partial charge in [0.2, 0.25) is 0 Å². The minimum atomic E-state index is -0.336. The summed E-state index contributed by atoms with van der Waals surface area (Å²) >= 11 is 0. The lowest BCUT2D eigenvalue weighted by atomic mass is 10.0. The molecule has 0 aliphatic carbocycles. The van der Waals surface area contributed by atoms with Gasteiger partial charge in [-0.05, 0) is 19.3 Å². The molecule has 15 heavy (non-hydrogen) atoms. The summed E-state index contributed by atoms with van der Waals surface area (Å²) in [5, 5.41) is 6.07. The van der Waals surface area contributed by atoms with Crippen LogP contribution in [0.1, 0.15) is 34.1 Å². The Labute approximate surface area is 92.8 Å². The summed E-state index contributed by atoms with van der Waals surface area (Å²) < 4.78 is 4.74. The van der Waals surface area contributed by atoms with E-state index in [0.717, 1.165) is 13.0 Å². The van der Waals surface area contributed by atoms with Crippen molar-refractivity contribution in [2.45, 2.75) is 40.2 Å². The molecule has 4 heteroatoms. The molecule has 0 rings (SSSR count). The smallest absolute Gasteiger partial charge is 0.407 e. The van der Waals surface area contributed by atoms with E-state index in [9.17, 15) is 4.79 Å². The Hall–Kier alpha value is -0.770. The lowest BCUT2D eigenvalue weighted by molar-refractivity contribution is 0.152. The number of amides is 1. The van der Waals surface area contributed by atoms with Gasteiger partial charge in [-0.15, -0.1) is 0 Å². The van der Waals surface area contributed by atoms with Crippen LogP contribution in [0.5, 0.6) is 0 Å². The number of alkyl carbamates (subject to hydrolysis) is 1. The third-order valence-corrected chi connectivity index (χ3v) is 2.32. The van der Waals surface area contributed by atoms with E-state index in [4.69, 9.17) is 4.74 Å². The molecule has 1 amide bonds. The lowest BCUT2D eigenvalue weighted by Crippen LogP contribution is -2.39. The molecule has 0 saturated heterocycles. The molecule has 0 spiro atoms. The Morgan fingerprint density at radius 1 is 1.27 bits per heavy atom. The Morgan fingerprint density at radius 3 is 2.40 bits per heavy atom. The molecule has 0 radical (unpaired) electrons. The molecule has 0 aromatic carbocycles. The monoisotopic (exact) mass is 216 g/mol. The highest BCUT2D eigenvalue weighted by atomic mass is 16.5. The molecule has 0 aromatic heterocycles. The van der Waals surface area contributed by atoms with E-state index in [-0.39, 0.29) is 6.09 Å². The summed E-state index contributed by atoms with van der Waals surface area (Å²) in [5.74, 6) is 0.623. The molecule has 1 unspecified atom stereocenters. The van der Waals surface area contributed by atoms with Crippen molar-refractivity contribution in [3.8, 4) is 0 Å². The molecule has 0 fully saturated rings. The first-order valence-corrected chi connectivity index (χ1v) is 5.75. The standard InChI is InChI=1S/C11H24N2O2/c1-5-10(9(3)4)12-7-8-13-11(14)15-6-2/h9-10,12H,5-8H2,1-4H3,(H,13,14). The van der Waals surface area contributed by atoms with Gasteiger partial charge in [0.1, 0.15) is 0 Å². The fraction of sp³-hybridized carbons (Fsp3) is 0.909. The van der Waals surface area contributed by atoms with E-state index in [1.165, 1.54) is 0 Å². The first kappa shape index (κ1) is 14.2. The van der Waals surface area contributed by atoms with Gasteiger partial charge in [0.05, 0.1) is 6.61 Å². The normalized spacial score (nSPS) is 12.6. The number of carbonyl (C=O) groups excluding carboxylic acids is 1. The lowest BCUT2D eigenvalue weighted by Gasteiger charge is -2.20. The second-order valence-corrected chi connectivity index (χ2v) is 3.86. The van der Waals surface area contributed by atoms with Crippen molar-refractivity contribution in [2.75, 3.05) is 19.7 Å². The van der Waals surface area contributed by atoms with E-state index in [0.29, 0.717) is 25.1 Å². The molecule has 4 nitrogen and oxygen atoms in total. The van der Waals surface area contributed by atoms with Crippen LogP contribution in [-0.4, -0.2) is 31.8 Å². The fourth-order valence-corrected chi connectivity index (χ4v) is 1.46. The van der Waals surface area contributed by atoms with Crippen LogP contribution >= 0.6 is 0 Å². The van der Waals surface area contributed by atoms with Gasteiger partial charge in [0.25, 0.3) is 0 Å². The molecule has 0 aliphatic heterocycles. The van der Waals surface area contributed by atoms with Gasteiger partial charge in [-0.3, -0.25) is 0 Å². The van der Waals surface area contributed by atoms with Crippen molar-refractivity contribution < 1.29 is 9.53 Å². The van der Waals surface area contributed by atoms with E-state index in [1.807, 2.05) is 0 Å². The van der Waals surface area contributed by atoms with Crippen LogP contribution in [0.3, 0.4) is 0 Å². The van der Waals surface area contributed by atoms with E-state index >= 15 is 0 Å². The predicted molar refractivity (Wildman–Crippen MR) is 61.9 cm³/mol. The molecule has 90 valence electrons. The average molecular weight is 216 g/mol. The zero-order valence-corrected chi connectivity index (χ0v) is 10.3. The number of nitrogens with one attached hydrogen (secondary N) is 2. The Bertz CT molecular complexity index is 172. The van der Waals surface area contributed by atoms with Crippen molar-refractivity contribution in [1.29, 1.82) is 0 Å². The SMILES string of the molecule is CCOC(=O)NCCNC(CC)C(C)C. The van der Waals surface area contributed by atoms with Crippen molar-refractivity contribution in [3.63, 3.8) is 0 Å². The van der Waals surface area contributed by atoms with Gasteiger partial charge in [-0.2, -0.15) is 0 Å². The summed E-state index contributed by atoms with van der Waals surface area (Å²) in [6, 6.07) is 0.522. The molecule has 0 aliphatic rings. The average Bonchev–Trinajstić information content (AvgIpc) is 2.17. The van der Waals surface area contributed by atoms with Crippen LogP contribution in [0.25, 0.3) is 0 Å². The van der Waals surface area contributed by atoms with Crippen LogP contribution in [-0.2, 0) is 4.74 Å². The molecule has 0 saturated carbocycles. The topological polar surface area (TPSA) is 50.4 Å². The highest BCUT2D eigenvalue weighted by Crippen LogP contribution is 2.04. The minimum Gasteiger partial charge on any atom is -0.450 e. The first-order chi connectivity index (χ1) is 7.11. The zero-order chi connectivity index (χ0) is 11.7. The Morgan fingerprint density at radius 2 is 1.93 bits per heavy atom. The van der Waals surface area contributed by atoms with Gasteiger partial charge in [0, 0.05) is 19.1 Å². The maximum Gasteiger partial charge on any atom is 0.407 e. The van der Waals surface area contributed by atoms with Crippen molar-refractivity contribution >= 4 is 6.09 Å². The van der Waals surface area contributed by atoms with Crippen LogP contribution in [0.15, 0.2) is 0 Å². The Balaban J connectivity index is 3.48. The molecular weight excluding hydrogens is 192 g/mol. The van der Waals surface area contributed by atoms with E-state index in [1.54, 1.807) is 6.92 Å². The molecular formula is C11H24N2O2. The predicted octanol–water partition coefficient (Wildman–Crippen LogP) is 1.76. The molecule has 2 N–H and O–H groups in total. The summed E-state index contributed by atoms with van der Waals surface area (Å²) in [4.78, 5) is 10.9. The molecule has 1 atom stereocenters.